The summed E-state index contributed by atoms with van der Waals surface area (Å²) in [6.45, 7) is 2.49. The van der Waals surface area contributed by atoms with E-state index in [1.165, 1.54) is 5.56 Å². The van der Waals surface area contributed by atoms with Crippen LogP contribution in [0.2, 0.25) is 0 Å². The first-order chi connectivity index (χ1) is 9.78. The molecule has 3 rings (SSSR count). The van der Waals surface area contributed by atoms with Crippen molar-refractivity contribution in [3.63, 3.8) is 0 Å². The van der Waals surface area contributed by atoms with Crippen LogP contribution in [0.25, 0.3) is 11.0 Å². The predicted octanol–water partition coefficient (Wildman–Crippen LogP) is 2.75. The van der Waals surface area contributed by atoms with Crippen molar-refractivity contribution in [3.8, 4) is 6.07 Å². The normalized spacial score (nSPS) is 10.4. The summed E-state index contributed by atoms with van der Waals surface area (Å²) in [7, 11) is 0. The number of rotatable bonds is 3. The topological polar surface area (TPSA) is 77.4 Å². The second kappa shape index (κ2) is 5.02. The van der Waals surface area contributed by atoms with Crippen LogP contribution in [0.15, 0.2) is 36.5 Å². The zero-order valence-electron chi connectivity index (χ0n) is 11.0. The largest absolute Gasteiger partial charge is 0.364 e. The Labute approximate surface area is 116 Å². The molecule has 0 aliphatic carbocycles. The van der Waals surface area contributed by atoms with E-state index in [-0.39, 0.29) is 0 Å². The van der Waals surface area contributed by atoms with Crippen molar-refractivity contribution in [3.05, 3.63) is 53.5 Å². The highest BCUT2D eigenvalue weighted by molar-refractivity contribution is 5.90. The maximum Gasteiger partial charge on any atom is 0.154 e. The van der Waals surface area contributed by atoms with Gasteiger partial charge in [0.2, 0.25) is 0 Å². The van der Waals surface area contributed by atoms with Crippen LogP contribution in [-0.2, 0) is 6.54 Å². The number of hydrogen-bond acceptors (Lipinski definition) is 4. The number of benzene rings is 1. The zero-order chi connectivity index (χ0) is 13.9. The highest BCUT2D eigenvalue weighted by Crippen LogP contribution is 2.22. The minimum atomic E-state index is 0.535. The van der Waals surface area contributed by atoms with E-state index in [4.69, 9.17) is 5.26 Å². The van der Waals surface area contributed by atoms with Gasteiger partial charge in [-0.3, -0.25) is 0 Å². The average Bonchev–Trinajstić information content (AvgIpc) is 2.88. The summed E-state index contributed by atoms with van der Waals surface area (Å²) in [4.78, 5) is 11.8. The van der Waals surface area contributed by atoms with Gasteiger partial charge >= 0.3 is 0 Å². The average molecular weight is 263 g/mol. The summed E-state index contributed by atoms with van der Waals surface area (Å²) in [6.07, 6.45) is 1.66. The van der Waals surface area contributed by atoms with E-state index in [0.717, 1.165) is 11.3 Å². The van der Waals surface area contributed by atoms with Crippen LogP contribution in [0.4, 0.5) is 5.82 Å². The third-order valence-electron chi connectivity index (χ3n) is 3.06. The van der Waals surface area contributed by atoms with Gasteiger partial charge in [-0.1, -0.05) is 30.3 Å². The third kappa shape index (κ3) is 2.19. The van der Waals surface area contributed by atoms with Gasteiger partial charge in [0.25, 0.3) is 0 Å². The molecule has 1 aromatic carbocycles. The van der Waals surface area contributed by atoms with Crippen LogP contribution >= 0.6 is 0 Å². The van der Waals surface area contributed by atoms with E-state index in [2.05, 4.69) is 26.3 Å². The number of aryl methyl sites for hydroxylation is 1. The fourth-order valence-electron chi connectivity index (χ4n) is 2.11. The third-order valence-corrected chi connectivity index (χ3v) is 3.06. The van der Waals surface area contributed by atoms with Gasteiger partial charge in [-0.25, -0.2) is 9.97 Å². The molecular formula is C15H13N5. The Morgan fingerprint density at radius 1 is 1.25 bits per heavy atom. The van der Waals surface area contributed by atoms with Gasteiger partial charge in [0.1, 0.15) is 22.9 Å². The Bertz CT molecular complexity index is 783. The predicted molar refractivity (Wildman–Crippen MR) is 77.1 cm³/mol. The van der Waals surface area contributed by atoms with E-state index in [9.17, 15) is 0 Å². The number of aromatic amines is 1. The van der Waals surface area contributed by atoms with Crippen molar-refractivity contribution in [1.29, 1.82) is 5.26 Å². The molecule has 0 aliphatic heterocycles. The quantitative estimate of drug-likeness (QED) is 0.761. The van der Waals surface area contributed by atoms with Crippen LogP contribution in [0.3, 0.4) is 0 Å². The molecule has 0 saturated carbocycles. The summed E-state index contributed by atoms with van der Waals surface area (Å²) < 4.78 is 0. The molecule has 5 nitrogen and oxygen atoms in total. The molecule has 2 aromatic heterocycles. The Hall–Kier alpha value is -2.87. The lowest BCUT2D eigenvalue weighted by molar-refractivity contribution is 1.05. The van der Waals surface area contributed by atoms with Gasteiger partial charge in [0.15, 0.2) is 5.82 Å². The lowest BCUT2D eigenvalue weighted by Crippen LogP contribution is -2.04. The fourth-order valence-corrected chi connectivity index (χ4v) is 2.11. The van der Waals surface area contributed by atoms with Crippen molar-refractivity contribution < 1.29 is 0 Å². The van der Waals surface area contributed by atoms with Crippen molar-refractivity contribution in [2.24, 2.45) is 0 Å². The molecule has 2 N–H and O–H groups in total. The molecule has 20 heavy (non-hydrogen) atoms. The molecular weight excluding hydrogens is 250 g/mol. The van der Waals surface area contributed by atoms with Gasteiger partial charge < -0.3 is 10.3 Å². The first kappa shape index (κ1) is 12.2. The van der Waals surface area contributed by atoms with E-state index >= 15 is 0 Å². The number of aromatic nitrogens is 3. The summed E-state index contributed by atoms with van der Waals surface area (Å²) in [6, 6.07) is 12.2. The minimum absolute atomic E-state index is 0.535. The molecule has 0 atom stereocenters. The monoisotopic (exact) mass is 263 g/mol. The molecule has 0 fully saturated rings. The van der Waals surface area contributed by atoms with Gasteiger partial charge in [0, 0.05) is 12.7 Å². The Morgan fingerprint density at radius 3 is 2.80 bits per heavy atom. The molecule has 0 bridgehead atoms. The molecule has 98 valence electrons. The van der Waals surface area contributed by atoms with Crippen molar-refractivity contribution in [1.82, 2.24) is 15.0 Å². The van der Waals surface area contributed by atoms with Gasteiger partial charge in [0.05, 0.1) is 5.56 Å². The van der Waals surface area contributed by atoms with Gasteiger partial charge in [-0.2, -0.15) is 5.26 Å². The van der Waals surface area contributed by atoms with E-state index in [1.54, 1.807) is 6.20 Å². The van der Waals surface area contributed by atoms with Crippen LogP contribution in [0.1, 0.15) is 17.0 Å². The molecule has 3 aromatic rings. The Kier molecular flexibility index (Phi) is 3.05. The molecule has 0 saturated heterocycles. The fraction of sp³-hybridized carbons (Fsp3) is 0.133. The zero-order valence-corrected chi connectivity index (χ0v) is 11.0. The Balaban J connectivity index is 1.95. The maximum absolute atomic E-state index is 9.06. The summed E-state index contributed by atoms with van der Waals surface area (Å²) in [5, 5.41) is 12.4. The van der Waals surface area contributed by atoms with Crippen LogP contribution in [-0.4, -0.2) is 15.0 Å². The van der Waals surface area contributed by atoms with E-state index < -0.39 is 0 Å². The second-order valence-corrected chi connectivity index (χ2v) is 4.50. The molecule has 5 heteroatoms. The number of fused-ring (bicyclic) bond motifs is 1. The molecule has 0 amide bonds. The Morgan fingerprint density at radius 2 is 2.05 bits per heavy atom. The molecule has 2 heterocycles. The molecule has 0 spiro atoms. The standard InChI is InChI=1S/C15H13N5/c1-10-19-13-12(7-16)9-17-14(13)15(20-10)18-8-11-5-3-2-4-6-11/h2-6,9,17H,8H2,1H3,(H,18,19,20). The van der Waals surface area contributed by atoms with Crippen molar-refractivity contribution in [2.75, 3.05) is 5.32 Å². The SMILES string of the molecule is Cc1nc(NCc2ccccc2)c2[nH]cc(C#N)c2n1. The summed E-state index contributed by atoms with van der Waals surface area (Å²) in [5.74, 6) is 1.36. The number of nitriles is 1. The first-order valence-corrected chi connectivity index (χ1v) is 6.31. The second-order valence-electron chi connectivity index (χ2n) is 4.50. The highest BCUT2D eigenvalue weighted by Gasteiger charge is 2.11. The summed E-state index contributed by atoms with van der Waals surface area (Å²) >= 11 is 0. The summed E-state index contributed by atoms with van der Waals surface area (Å²) in [5.41, 5.74) is 3.14. The number of H-pyrrole nitrogens is 1. The van der Waals surface area contributed by atoms with E-state index in [0.29, 0.717) is 23.4 Å². The van der Waals surface area contributed by atoms with Gasteiger partial charge in [-0.15, -0.1) is 0 Å². The van der Waals surface area contributed by atoms with E-state index in [1.807, 2.05) is 37.3 Å². The van der Waals surface area contributed by atoms with Crippen molar-refractivity contribution in [2.45, 2.75) is 13.5 Å². The van der Waals surface area contributed by atoms with Crippen molar-refractivity contribution >= 4 is 16.9 Å². The van der Waals surface area contributed by atoms with Crippen LogP contribution in [0.5, 0.6) is 0 Å². The lowest BCUT2D eigenvalue weighted by Gasteiger charge is -2.07. The van der Waals surface area contributed by atoms with Crippen LogP contribution < -0.4 is 5.32 Å². The van der Waals surface area contributed by atoms with Crippen LogP contribution in [0, 0.1) is 18.3 Å². The number of anilines is 1. The molecule has 0 aliphatic rings. The number of nitrogens with zero attached hydrogens (tertiary/aromatic N) is 3. The molecule has 0 unspecified atom stereocenters. The smallest absolute Gasteiger partial charge is 0.154 e. The first-order valence-electron chi connectivity index (χ1n) is 6.31. The minimum Gasteiger partial charge on any atom is -0.364 e. The van der Waals surface area contributed by atoms with Gasteiger partial charge in [-0.05, 0) is 12.5 Å². The number of hydrogen-bond donors (Lipinski definition) is 2. The highest BCUT2D eigenvalue weighted by atomic mass is 15.0. The molecule has 0 radical (unpaired) electrons. The number of nitrogens with one attached hydrogen (secondary N) is 2. The lowest BCUT2D eigenvalue weighted by atomic mass is 10.2. The maximum atomic E-state index is 9.06.